The minimum atomic E-state index is -4.53. The van der Waals surface area contributed by atoms with E-state index in [1.54, 1.807) is 47.3 Å². The topological polar surface area (TPSA) is 68.9 Å². The number of nitrogens with one attached hydrogen (secondary N) is 1. The Morgan fingerprint density at radius 2 is 1.81 bits per heavy atom. The van der Waals surface area contributed by atoms with Crippen molar-refractivity contribution >= 4 is 11.6 Å². The summed E-state index contributed by atoms with van der Waals surface area (Å²) >= 11 is 0. The van der Waals surface area contributed by atoms with E-state index < -0.39 is 17.6 Å². The second-order valence-corrected chi connectivity index (χ2v) is 7.26. The molecule has 0 aromatic heterocycles. The highest BCUT2D eigenvalue weighted by atomic mass is 19.4. The Balaban J connectivity index is 1.79. The Bertz CT molecular complexity index is 1290. The van der Waals surface area contributed by atoms with Crippen LogP contribution < -0.4 is 10.9 Å². The van der Waals surface area contributed by atoms with Gasteiger partial charge >= 0.3 is 6.18 Å². The molecule has 0 aliphatic carbocycles. The third-order valence-corrected chi connectivity index (χ3v) is 4.90. The molecule has 2 aromatic carbocycles. The first-order chi connectivity index (χ1) is 15.3. The Hall–Kier alpha value is -3.88. The SMILES string of the molecule is CCCn1cc(C(=O)Nc2cccc(C(F)(F)F)c2)c2nn(-c3ccccc3)c(=O)c-2c1. The van der Waals surface area contributed by atoms with E-state index in [1.807, 2.05) is 6.92 Å². The third-order valence-electron chi connectivity index (χ3n) is 4.90. The molecule has 0 fully saturated rings. The normalized spacial score (nSPS) is 11.6. The number of carbonyl (C=O) groups excluding carboxylic acids is 1. The van der Waals surface area contributed by atoms with Crippen LogP contribution in [0.4, 0.5) is 18.9 Å². The van der Waals surface area contributed by atoms with Crippen molar-refractivity contribution in [1.82, 2.24) is 14.3 Å². The van der Waals surface area contributed by atoms with E-state index in [0.717, 1.165) is 18.6 Å². The minimum absolute atomic E-state index is 0.00583. The quantitative estimate of drug-likeness (QED) is 0.484. The Morgan fingerprint density at radius 3 is 2.50 bits per heavy atom. The van der Waals surface area contributed by atoms with Crippen molar-refractivity contribution in [1.29, 1.82) is 0 Å². The van der Waals surface area contributed by atoms with E-state index in [2.05, 4.69) is 10.4 Å². The standard InChI is InChI=1S/C23H19F3N4O2/c1-2-11-29-13-18(21(31)27-16-8-6-7-15(12-16)23(24,25)26)20-19(14-29)22(32)30(28-20)17-9-4-3-5-10-17/h3-10,12-14H,2,11H2,1H3,(H,27,31). The summed E-state index contributed by atoms with van der Waals surface area (Å²) in [4.78, 5) is 26.0. The van der Waals surface area contributed by atoms with E-state index >= 15 is 0 Å². The fourth-order valence-electron chi connectivity index (χ4n) is 3.43. The van der Waals surface area contributed by atoms with Gasteiger partial charge in [-0.1, -0.05) is 31.2 Å². The second kappa shape index (κ2) is 8.33. The summed E-state index contributed by atoms with van der Waals surface area (Å²) in [7, 11) is 0. The van der Waals surface area contributed by atoms with Gasteiger partial charge in [-0.25, -0.2) is 0 Å². The third kappa shape index (κ3) is 4.14. The van der Waals surface area contributed by atoms with Crippen LogP contribution in [0.25, 0.3) is 16.9 Å². The number of hydrogen-bond acceptors (Lipinski definition) is 3. The smallest absolute Gasteiger partial charge is 0.353 e. The number of alkyl halides is 3. The Kier molecular flexibility index (Phi) is 5.56. The molecule has 2 aromatic rings. The van der Waals surface area contributed by atoms with Gasteiger partial charge in [0.05, 0.1) is 22.4 Å². The molecule has 0 atom stereocenters. The molecule has 1 amide bonds. The number of fused-ring (bicyclic) bond motifs is 1. The molecule has 32 heavy (non-hydrogen) atoms. The van der Waals surface area contributed by atoms with Crippen molar-refractivity contribution < 1.29 is 18.0 Å². The van der Waals surface area contributed by atoms with Crippen LogP contribution in [0.5, 0.6) is 0 Å². The lowest BCUT2D eigenvalue weighted by atomic mass is 10.1. The maximum absolute atomic E-state index is 13.0. The molecule has 1 N–H and O–H groups in total. The summed E-state index contributed by atoms with van der Waals surface area (Å²) in [6.45, 7) is 2.50. The van der Waals surface area contributed by atoms with Crippen molar-refractivity contribution in [3.05, 3.63) is 88.5 Å². The molecule has 2 heterocycles. The van der Waals surface area contributed by atoms with Crippen molar-refractivity contribution in [2.75, 3.05) is 5.32 Å². The fourth-order valence-corrected chi connectivity index (χ4v) is 3.43. The number of carbonyl (C=O) groups is 1. The molecule has 4 rings (SSSR count). The Labute approximate surface area is 181 Å². The van der Waals surface area contributed by atoms with Gasteiger partial charge in [-0.05, 0) is 36.8 Å². The van der Waals surface area contributed by atoms with Crippen LogP contribution in [-0.2, 0) is 12.7 Å². The number of nitrogens with zero attached hydrogens (tertiary/aromatic N) is 3. The molecule has 0 saturated heterocycles. The number of amides is 1. The molecular formula is C23H19F3N4O2. The number of halogens is 3. The van der Waals surface area contributed by atoms with Crippen LogP contribution in [0.15, 0.2) is 71.8 Å². The number of benzene rings is 2. The highest BCUT2D eigenvalue weighted by molar-refractivity contribution is 6.08. The zero-order valence-electron chi connectivity index (χ0n) is 17.1. The zero-order chi connectivity index (χ0) is 22.9. The summed E-state index contributed by atoms with van der Waals surface area (Å²) in [5, 5.41) is 6.85. The van der Waals surface area contributed by atoms with E-state index in [4.69, 9.17) is 0 Å². The van der Waals surface area contributed by atoms with Crippen molar-refractivity contribution in [3.8, 4) is 16.9 Å². The van der Waals surface area contributed by atoms with Crippen LogP contribution in [0.2, 0.25) is 0 Å². The van der Waals surface area contributed by atoms with Gasteiger partial charge in [0.15, 0.2) is 0 Å². The van der Waals surface area contributed by atoms with Crippen molar-refractivity contribution in [2.45, 2.75) is 26.1 Å². The number of para-hydroxylation sites is 1. The average Bonchev–Trinajstić information content (AvgIpc) is 3.10. The molecule has 0 saturated carbocycles. The zero-order valence-corrected chi connectivity index (χ0v) is 17.1. The number of aryl methyl sites for hydroxylation is 1. The highest BCUT2D eigenvalue weighted by Gasteiger charge is 2.31. The molecule has 9 heteroatoms. The summed E-state index contributed by atoms with van der Waals surface area (Å²) in [6.07, 6.45) is -0.589. The van der Waals surface area contributed by atoms with Crippen LogP contribution in [0, 0.1) is 0 Å². The maximum Gasteiger partial charge on any atom is 0.416 e. The van der Waals surface area contributed by atoms with Gasteiger partial charge in [-0.3, -0.25) is 9.59 Å². The molecule has 2 aliphatic rings. The van der Waals surface area contributed by atoms with E-state index in [0.29, 0.717) is 12.2 Å². The fraction of sp³-hybridized carbons (Fsp3) is 0.174. The molecule has 0 unspecified atom stereocenters. The van der Waals surface area contributed by atoms with E-state index in [1.165, 1.54) is 16.8 Å². The van der Waals surface area contributed by atoms with Crippen LogP contribution in [0.3, 0.4) is 0 Å². The summed E-state index contributed by atoms with van der Waals surface area (Å²) in [5.41, 5.74) is -0.196. The van der Waals surface area contributed by atoms with Gasteiger partial charge in [0, 0.05) is 24.6 Å². The molecule has 6 nitrogen and oxygen atoms in total. The number of anilines is 1. The van der Waals surface area contributed by atoms with Gasteiger partial charge in [-0.2, -0.15) is 23.0 Å². The second-order valence-electron chi connectivity index (χ2n) is 7.26. The molecule has 2 aliphatic heterocycles. The van der Waals surface area contributed by atoms with Gasteiger partial charge in [0.25, 0.3) is 11.5 Å². The van der Waals surface area contributed by atoms with Gasteiger partial charge < -0.3 is 9.88 Å². The van der Waals surface area contributed by atoms with Gasteiger partial charge in [0.1, 0.15) is 5.69 Å². The van der Waals surface area contributed by atoms with Crippen LogP contribution >= 0.6 is 0 Å². The maximum atomic E-state index is 13.0. The number of hydrogen-bond donors (Lipinski definition) is 1. The van der Waals surface area contributed by atoms with E-state index in [-0.39, 0.29) is 28.1 Å². The minimum Gasteiger partial charge on any atom is -0.353 e. The summed E-state index contributed by atoms with van der Waals surface area (Å²) in [6, 6.07) is 13.1. The van der Waals surface area contributed by atoms with Crippen LogP contribution in [0.1, 0.15) is 29.3 Å². The molecule has 0 spiro atoms. The first-order valence-electron chi connectivity index (χ1n) is 9.95. The number of pyridine rings is 1. The van der Waals surface area contributed by atoms with Crippen molar-refractivity contribution in [3.63, 3.8) is 0 Å². The Morgan fingerprint density at radius 1 is 1.06 bits per heavy atom. The highest BCUT2D eigenvalue weighted by Crippen LogP contribution is 2.31. The van der Waals surface area contributed by atoms with Crippen LogP contribution in [-0.4, -0.2) is 20.3 Å². The lowest BCUT2D eigenvalue weighted by Gasteiger charge is -2.13. The lowest BCUT2D eigenvalue weighted by Crippen LogP contribution is -2.18. The molecular weight excluding hydrogens is 421 g/mol. The van der Waals surface area contributed by atoms with Gasteiger partial charge in [0.2, 0.25) is 0 Å². The molecule has 0 radical (unpaired) electrons. The average molecular weight is 440 g/mol. The first kappa shape index (κ1) is 21.4. The monoisotopic (exact) mass is 440 g/mol. The lowest BCUT2D eigenvalue weighted by molar-refractivity contribution is -0.137. The number of rotatable bonds is 5. The first-order valence-corrected chi connectivity index (χ1v) is 9.95. The predicted molar refractivity (Wildman–Crippen MR) is 114 cm³/mol. The largest absolute Gasteiger partial charge is 0.416 e. The van der Waals surface area contributed by atoms with Gasteiger partial charge in [-0.15, -0.1) is 0 Å². The number of aromatic nitrogens is 3. The summed E-state index contributed by atoms with van der Waals surface area (Å²) < 4.78 is 42.0. The molecule has 164 valence electrons. The summed E-state index contributed by atoms with van der Waals surface area (Å²) in [5.74, 6) is -0.655. The van der Waals surface area contributed by atoms with E-state index in [9.17, 15) is 22.8 Å². The van der Waals surface area contributed by atoms with Crippen molar-refractivity contribution in [2.24, 2.45) is 0 Å². The predicted octanol–water partition coefficient (Wildman–Crippen LogP) is 4.82. The molecule has 0 bridgehead atoms.